The fraction of sp³-hybridized carbons (Fsp3) is 0.0526. The van der Waals surface area contributed by atoms with Gasteiger partial charge in [0.2, 0.25) is 0 Å². The molecule has 0 saturated heterocycles. The van der Waals surface area contributed by atoms with Gasteiger partial charge >= 0.3 is 0 Å². The van der Waals surface area contributed by atoms with Gasteiger partial charge in [0.25, 0.3) is 5.91 Å². The van der Waals surface area contributed by atoms with Crippen LogP contribution in [-0.4, -0.2) is 11.6 Å². The monoisotopic (exact) mass is 352 g/mol. The van der Waals surface area contributed by atoms with Crippen molar-refractivity contribution in [2.45, 2.75) is 6.92 Å². The fourth-order valence-corrected chi connectivity index (χ4v) is 3.76. The highest BCUT2D eigenvalue weighted by Crippen LogP contribution is 2.37. The van der Waals surface area contributed by atoms with Gasteiger partial charge in [0.1, 0.15) is 5.71 Å². The summed E-state index contributed by atoms with van der Waals surface area (Å²) >= 11 is 7.68. The van der Waals surface area contributed by atoms with Crippen LogP contribution in [-0.2, 0) is 4.79 Å². The van der Waals surface area contributed by atoms with Crippen LogP contribution in [0.5, 0.6) is 0 Å². The molecule has 5 heteroatoms. The number of carbonyl (C=O) groups excluding carboxylic acids is 1. The number of nitrogens with zero attached hydrogens (tertiary/aromatic N) is 2. The molecule has 1 aliphatic heterocycles. The highest BCUT2D eigenvalue weighted by Gasteiger charge is 2.34. The number of aliphatic imine (C=N–C) groups is 1. The van der Waals surface area contributed by atoms with E-state index in [0.717, 1.165) is 22.5 Å². The SMILES string of the molecule is Cc1cc(Cl)cc(N=C2C(=O)N(c3ccsc3)c3ccccc32)c1. The minimum atomic E-state index is -0.118. The topological polar surface area (TPSA) is 32.7 Å². The van der Waals surface area contributed by atoms with Crippen molar-refractivity contribution in [3.05, 3.63) is 75.4 Å². The molecule has 0 N–H and O–H groups in total. The Labute approximate surface area is 148 Å². The van der Waals surface area contributed by atoms with Crippen molar-refractivity contribution in [2.24, 2.45) is 4.99 Å². The van der Waals surface area contributed by atoms with Gasteiger partial charge in [-0.05, 0) is 48.2 Å². The molecule has 2 heterocycles. The normalized spacial score (nSPS) is 15.2. The number of benzene rings is 2. The van der Waals surface area contributed by atoms with Crippen LogP contribution in [0.4, 0.5) is 17.1 Å². The van der Waals surface area contributed by atoms with Crippen LogP contribution in [0, 0.1) is 6.92 Å². The zero-order valence-corrected chi connectivity index (χ0v) is 14.4. The Kier molecular flexibility index (Phi) is 3.71. The molecule has 3 nitrogen and oxygen atoms in total. The Hall–Kier alpha value is -2.43. The van der Waals surface area contributed by atoms with Crippen LogP contribution >= 0.6 is 22.9 Å². The molecule has 2 aromatic carbocycles. The van der Waals surface area contributed by atoms with E-state index in [4.69, 9.17) is 11.6 Å². The summed E-state index contributed by atoms with van der Waals surface area (Å²) in [5.41, 5.74) is 4.70. The van der Waals surface area contributed by atoms with Crippen LogP contribution in [0.15, 0.2) is 64.3 Å². The number of para-hydroxylation sites is 1. The lowest BCUT2D eigenvalue weighted by Crippen LogP contribution is -2.24. The van der Waals surface area contributed by atoms with Crippen molar-refractivity contribution in [1.82, 2.24) is 0 Å². The summed E-state index contributed by atoms with van der Waals surface area (Å²) < 4.78 is 0. The lowest BCUT2D eigenvalue weighted by Gasteiger charge is -2.14. The molecule has 0 radical (unpaired) electrons. The Morgan fingerprint density at radius 3 is 2.71 bits per heavy atom. The predicted octanol–water partition coefficient (Wildman–Crippen LogP) is 5.51. The van der Waals surface area contributed by atoms with Crippen molar-refractivity contribution < 1.29 is 4.79 Å². The molecule has 0 aliphatic carbocycles. The minimum Gasteiger partial charge on any atom is -0.274 e. The number of carbonyl (C=O) groups is 1. The van der Waals surface area contributed by atoms with E-state index in [1.165, 1.54) is 0 Å². The highest BCUT2D eigenvalue weighted by molar-refractivity contribution is 7.08. The average Bonchev–Trinajstić information content (AvgIpc) is 3.14. The molecule has 24 heavy (non-hydrogen) atoms. The van der Waals surface area contributed by atoms with Gasteiger partial charge in [-0.15, -0.1) is 0 Å². The number of fused-ring (bicyclic) bond motifs is 1. The number of halogens is 1. The first kappa shape index (κ1) is 15.1. The molecule has 0 unspecified atom stereocenters. The third kappa shape index (κ3) is 2.54. The lowest BCUT2D eigenvalue weighted by molar-refractivity contribution is -0.111. The van der Waals surface area contributed by atoms with Gasteiger partial charge in [-0.3, -0.25) is 9.69 Å². The Balaban J connectivity index is 1.87. The van der Waals surface area contributed by atoms with E-state index in [1.54, 1.807) is 22.3 Å². The number of hydrogen-bond donors (Lipinski definition) is 0. The number of hydrogen-bond acceptors (Lipinski definition) is 3. The summed E-state index contributed by atoms with van der Waals surface area (Å²) in [6.07, 6.45) is 0. The molecule has 0 atom stereocenters. The Morgan fingerprint density at radius 2 is 1.96 bits per heavy atom. The van der Waals surface area contributed by atoms with Crippen molar-refractivity contribution >= 4 is 51.6 Å². The number of thiophene rings is 1. The second-order valence-corrected chi connectivity index (χ2v) is 6.80. The number of rotatable bonds is 2. The van der Waals surface area contributed by atoms with Crippen molar-refractivity contribution in [2.75, 3.05) is 4.90 Å². The van der Waals surface area contributed by atoms with Crippen LogP contribution in [0.3, 0.4) is 0 Å². The highest BCUT2D eigenvalue weighted by atomic mass is 35.5. The average molecular weight is 353 g/mol. The smallest absolute Gasteiger partial charge is 0.274 e. The predicted molar refractivity (Wildman–Crippen MR) is 100 cm³/mol. The Morgan fingerprint density at radius 1 is 1.12 bits per heavy atom. The van der Waals surface area contributed by atoms with E-state index < -0.39 is 0 Å². The maximum absolute atomic E-state index is 13.0. The largest absolute Gasteiger partial charge is 0.282 e. The Bertz CT molecular complexity index is 943. The molecule has 0 fully saturated rings. The number of amides is 1. The molecule has 3 aromatic rings. The van der Waals surface area contributed by atoms with Crippen molar-refractivity contribution in [3.63, 3.8) is 0 Å². The van der Waals surface area contributed by atoms with Gasteiger partial charge in [-0.25, -0.2) is 4.99 Å². The standard InChI is InChI=1S/C19H13ClN2OS/c1-12-8-13(20)10-14(9-12)21-18-16-4-2-3-5-17(16)22(19(18)23)15-6-7-24-11-15/h2-11H,1H3. The molecule has 0 saturated carbocycles. The third-order valence-electron chi connectivity index (χ3n) is 3.84. The second kappa shape index (κ2) is 5.89. The maximum atomic E-state index is 13.0. The third-order valence-corrected chi connectivity index (χ3v) is 4.73. The first-order chi connectivity index (χ1) is 11.6. The van der Waals surface area contributed by atoms with Crippen LogP contribution in [0.25, 0.3) is 0 Å². The molecule has 1 aromatic heterocycles. The summed E-state index contributed by atoms with van der Waals surface area (Å²) in [4.78, 5) is 19.3. The van der Waals surface area contributed by atoms with E-state index in [2.05, 4.69) is 4.99 Å². The lowest BCUT2D eigenvalue weighted by atomic mass is 10.1. The quantitative estimate of drug-likeness (QED) is 0.598. The van der Waals surface area contributed by atoms with Gasteiger partial charge < -0.3 is 0 Å². The van der Waals surface area contributed by atoms with Crippen LogP contribution in [0.2, 0.25) is 5.02 Å². The molecule has 118 valence electrons. The van der Waals surface area contributed by atoms with E-state index in [9.17, 15) is 4.79 Å². The summed E-state index contributed by atoms with van der Waals surface area (Å²) in [7, 11) is 0. The van der Waals surface area contributed by atoms with Crippen LogP contribution in [0.1, 0.15) is 11.1 Å². The van der Waals surface area contributed by atoms with Gasteiger partial charge in [-0.1, -0.05) is 29.8 Å². The molecule has 1 aliphatic rings. The van der Waals surface area contributed by atoms with Gasteiger partial charge in [0.05, 0.1) is 17.1 Å². The minimum absolute atomic E-state index is 0.118. The fourth-order valence-electron chi connectivity index (χ4n) is 2.86. The second-order valence-electron chi connectivity index (χ2n) is 5.59. The number of anilines is 2. The van der Waals surface area contributed by atoms with Gasteiger partial charge in [-0.2, -0.15) is 11.3 Å². The number of aryl methyl sites for hydroxylation is 1. The first-order valence-electron chi connectivity index (χ1n) is 7.45. The van der Waals surface area contributed by atoms with E-state index in [-0.39, 0.29) is 5.91 Å². The molecule has 0 bridgehead atoms. The van der Waals surface area contributed by atoms with Crippen molar-refractivity contribution in [1.29, 1.82) is 0 Å². The maximum Gasteiger partial charge on any atom is 0.282 e. The van der Waals surface area contributed by atoms with Crippen LogP contribution < -0.4 is 4.90 Å². The summed E-state index contributed by atoms with van der Waals surface area (Å²) in [6.45, 7) is 1.96. The van der Waals surface area contributed by atoms with E-state index >= 15 is 0 Å². The molecular formula is C19H13ClN2OS. The molecule has 1 amide bonds. The summed E-state index contributed by atoms with van der Waals surface area (Å²) in [5.74, 6) is -0.118. The zero-order valence-electron chi connectivity index (χ0n) is 12.9. The summed E-state index contributed by atoms with van der Waals surface area (Å²) in [5, 5.41) is 4.53. The molecular weight excluding hydrogens is 340 g/mol. The first-order valence-corrected chi connectivity index (χ1v) is 8.77. The summed E-state index contributed by atoms with van der Waals surface area (Å²) in [6, 6.07) is 15.2. The van der Waals surface area contributed by atoms with Gasteiger partial charge in [0, 0.05) is 16.0 Å². The van der Waals surface area contributed by atoms with E-state index in [0.29, 0.717) is 16.4 Å². The van der Waals surface area contributed by atoms with E-state index in [1.807, 2.05) is 60.1 Å². The van der Waals surface area contributed by atoms with Crippen molar-refractivity contribution in [3.8, 4) is 0 Å². The molecule has 0 spiro atoms. The zero-order chi connectivity index (χ0) is 16.7. The molecule has 4 rings (SSSR count). The van der Waals surface area contributed by atoms with Gasteiger partial charge in [0.15, 0.2) is 0 Å².